The molecule has 0 saturated carbocycles. The summed E-state index contributed by atoms with van der Waals surface area (Å²) < 4.78 is 0. The Morgan fingerprint density at radius 3 is 0.800 bits per heavy atom. The zero-order valence-electron chi connectivity index (χ0n) is 2.30. The van der Waals surface area contributed by atoms with Gasteiger partial charge in [-0.05, 0) is 0 Å². The minimum absolute atomic E-state index is 0. The second-order valence-corrected chi connectivity index (χ2v) is 0. The van der Waals surface area contributed by atoms with Crippen molar-refractivity contribution in [3.05, 3.63) is 0 Å². The first-order valence-corrected chi connectivity index (χ1v) is 1.41. The fraction of sp³-hybridized carbons (Fsp3) is 0. The number of rotatable bonds is 0. The van der Waals surface area contributed by atoms with E-state index in [1.807, 2.05) is 0 Å². The van der Waals surface area contributed by atoms with Crippen molar-refractivity contribution in [3.8, 4) is 0 Å². The van der Waals surface area contributed by atoms with Crippen molar-refractivity contribution in [2.24, 2.45) is 0 Å². The van der Waals surface area contributed by atoms with Gasteiger partial charge in [0.1, 0.15) is 0 Å². The van der Waals surface area contributed by atoms with Gasteiger partial charge >= 0.3 is 20.1 Å². The molecule has 0 aromatic heterocycles. The zero-order chi connectivity index (χ0) is 4.00. The van der Waals surface area contributed by atoms with Crippen LogP contribution in [0.3, 0.4) is 0 Å². The molecular formula is H4IrO2P2. The molecule has 35 valence electrons. The minimum Gasteiger partial charge on any atom is -0.834 e. The largest absolute Gasteiger partial charge is 2.00 e. The van der Waals surface area contributed by atoms with Crippen molar-refractivity contribution in [1.82, 2.24) is 0 Å². The monoisotopic (exact) mass is 291 g/mol. The van der Waals surface area contributed by atoms with E-state index in [4.69, 9.17) is 9.79 Å². The van der Waals surface area contributed by atoms with Crippen molar-refractivity contribution in [1.29, 1.82) is 0 Å². The van der Waals surface area contributed by atoms with Crippen LogP contribution in [0, 0.1) is 0 Å². The zero-order valence-corrected chi connectivity index (χ0v) is 7.01. The normalized spacial score (nSPS) is 2.40. The van der Waals surface area contributed by atoms with Gasteiger partial charge in [0.15, 0.2) is 0 Å². The molecule has 0 rings (SSSR count). The van der Waals surface area contributed by atoms with Gasteiger partial charge in [0, 0.05) is 0 Å². The van der Waals surface area contributed by atoms with Crippen LogP contribution in [-0.2, 0) is 20.1 Å². The molecule has 0 heterocycles. The fourth-order valence-electron chi connectivity index (χ4n) is 0. The molecule has 2 nitrogen and oxygen atoms in total. The van der Waals surface area contributed by atoms with Gasteiger partial charge in [0.25, 0.3) is 0 Å². The van der Waals surface area contributed by atoms with Gasteiger partial charge in [-0.3, -0.25) is 0 Å². The third-order valence-corrected chi connectivity index (χ3v) is 0. The van der Waals surface area contributed by atoms with Gasteiger partial charge in [0.05, 0.1) is 0 Å². The summed E-state index contributed by atoms with van der Waals surface area (Å²) in [7, 11) is 2.33. The quantitative estimate of drug-likeness (QED) is 0.498. The maximum absolute atomic E-state index is 8.17. The Morgan fingerprint density at radius 2 is 0.800 bits per heavy atom. The molecule has 2 unspecified atom stereocenters. The van der Waals surface area contributed by atoms with E-state index in [0.29, 0.717) is 0 Å². The maximum Gasteiger partial charge on any atom is 2.00 e. The second-order valence-electron chi connectivity index (χ2n) is 0. The molecule has 0 saturated heterocycles. The summed E-state index contributed by atoms with van der Waals surface area (Å²) in [6, 6.07) is 0. The van der Waals surface area contributed by atoms with Gasteiger partial charge in [-0.25, -0.2) is 18.9 Å². The van der Waals surface area contributed by atoms with Crippen LogP contribution in [0.2, 0.25) is 0 Å². The Morgan fingerprint density at radius 1 is 0.800 bits per heavy atom. The standard InChI is InChI=1S/Ir.2H2OP/c;2*1-2/h;2*2H2/q+2;2*-1. The number of hydrogen-bond donors (Lipinski definition) is 0. The van der Waals surface area contributed by atoms with Crippen LogP contribution in [0.25, 0.3) is 0 Å². The second kappa shape index (κ2) is 52.1. The van der Waals surface area contributed by atoms with Crippen molar-refractivity contribution in [3.63, 3.8) is 0 Å². The summed E-state index contributed by atoms with van der Waals surface area (Å²) >= 11 is 0. The SMILES string of the molecule is [Ir+2].[O-]P.[O-]P. The molecule has 0 aliphatic rings. The van der Waals surface area contributed by atoms with Crippen LogP contribution in [0.4, 0.5) is 0 Å². The molecule has 5 heteroatoms. The molecular weight excluding hydrogens is 286 g/mol. The van der Waals surface area contributed by atoms with Crippen LogP contribution in [0.15, 0.2) is 0 Å². The van der Waals surface area contributed by atoms with Gasteiger partial charge in [-0.1, -0.05) is 0 Å². The van der Waals surface area contributed by atoms with Crippen molar-refractivity contribution in [2.45, 2.75) is 0 Å². The summed E-state index contributed by atoms with van der Waals surface area (Å²) in [6.07, 6.45) is 0. The molecule has 0 fully saturated rings. The Balaban J connectivity index is -0.0000000133. The summed E-state index contributed by atoms with van der Waals surface area (Å²) in [5, 5.41) is 0. The molecule has 0 spiro atoms. The molecule has 0 N–H and O–H groups in total. The van der Waals surface area contributed by atoms with Crippen molar-refractivity contribution < 1.29 is 29.9 Å². The van der Waals surface area contributed by atoms with Gasteiger partial charge in [-0.15, -0.1) is 0 Å². The van der Waals surface area contributed by atoms with Crippen molar-refractivity contribution >= 4 is 18.9 Å². The fourth-order valence-corrected chi connectivity index (χ4v) is 0. The number of hydrogen-bond acceptors (Lipinski definition) is 2. The summed E-state index contributed by atoms with van der Waals surface area (Å²) in [5.41, 5.74) is 0. The first-order valence-electron chi connectivity index (χ1n) is 0.471. The average molecular weight is 290 g/mol. The van der Waals surface area contributed by atoms with E-state index >= 15 is 0 Å². The molecule has 5 heavy (non-hydrogen) atoms. The molecule has 0 bridgehead atoms. The summed E-state index contributed by atoms with van der Waals surface area (Å²) in [5.74, 6) is 0. The van der Waals surface area contributed by atoms with E-state index in [-0.39, 0.29) is 20.1 Å². The van der Waals surface area contributed by atoms with Crippen LogP contribution >= 0.6 is 18.9 Å². The van der Waals surface area contributed by atoms with E-state index in [9.17, 15) is 0 Å². The van der Waals surface area contributed by atoms with Crippen LogP contribution in [-0.4, -0.2) is 0 Å². The van der Waals surface area contributed by atoms with Crippen LogP contribution in [0.1, 0.15) is 0 Å². The Hall–Kier alpha value is 1.43. The first-order chi connectivity index (χ1) is 2.00. The van der Waals surface area contributed by atoms with E-state index in [2.05, 4.69) is 0 Å². The topological polar surface area (TPSA) is 46.1 Å². The van der Waals surface area contributed by atoms with Gasteiger partial charge in [-0.2, -0.15) is 0 Å². The van der Waals surface area contributed by atoms with E-state index in [1.54, 1.807) is 0 Å². The predicted octanol–water partition coefficient (Wildman–Crippen LogP) is -1.73. The third kappa shape index (κ3) is 31.3. The summed E-state index contributed by atoms with van der Waals surface area (Å²) in [6.45, 7) is 0. The molecule has 0 aromatic carbocycles. The summed E-state index contributed by atoms with van der Waals surface area (Å²) in [4.78, 5) is 16.3. The molecule has 1 radical (unpaired) electrons. The Labute approximate surface area is 49.3 Å². The molecule has 0 amide bonds. The van der Waals surface area contributed by atoms with E-state index in [1.165, 1.54) is 18.9 Å². The Kier molecular flexibility index (Phi) is 168. The van der Waals surface area contributed by atoms with Crippen molar-refractivity contribution in [2.75, 3.05) is 0 Å². The molecule has 0 aliphatic heterocycles. The first kappa shape index (κ1) is 16.1. The minimum atomic E-state index is 0. The Bertz CT molecular complexity index is 7.61. The maximum atomic E-state index is 8.17. The predicted molar refractivity (Wildman–Crippen MR) is 19.4 cm³/mol. The van der Waals surface area contributed by atoms with Gasteiger partial charge in [0.2, 0.25) is 0 Å². The third-order valence-electron chi connectivity index (χ3n) is 0. The van der Waals surface area contributed by atoms with Gasteiger partial charge < -0.3 is 9.79 Å². The van der Waals surface area contributed by atoms with E-state index < -0.39 is 0 Å². The molecule has 0 aromatic rings. The van der Waals surface area contributed by atoms with Crippen LogP contribution in [0.5, 0.6) is 0 Å². The average Bonchev–Trinajstić information content (AvgIpc) is 1.50. The molecule has 0 aliphatic carbocycles. The van der Waals surface area contributed by atoms with E-state index in [0.717, 1.165) is 0 Å². The van der Waals surface area contributed by atoms with Crippen LogP contribution < -0.4 is 9.79 Å². The molecule has 2 atom stereocenters. The smallest absolute Gasteiger partial charge is 0.834 e.